The highest BCUT2D eigenvalue weighted by molar-refractivity contribution is 6.33. The molecule has 0 aliphatic heterocycles. The third-order valence-electron chi connectivity index (χ3n) is 13.7. The van der Waals surface area contributed by atoms with Crippen LogP contribution in [0.2, 0.25) is 0 Å². The number of para-hydroxylation sites is 1. The highest BCUT2D eigenvalue weighted by Gasteiger charge is 2.38. The molecule has 58 heavy (non-hydrogen) atoms. The smallest absolute Gasteiger partial charge is 0.0625 e. The molecule has 0 unspecified atom stereocenters. The lowest BCUT2D eigenvalue weighted by Gasteiger charge is -2.42. The molecular weight excluding hydrogens is 701 g/mol. The highest BCUT2D eigenvalue weighted by atomic mass is 15.0. The predicted molar refractivity (Wildman–Crippen MR) is 248 cm³/mol. The lowest BCUT2D eigenvalue weighted by Crippen LogP contribution is -2.33. The SMILES string of the molecule is CC1(C)CCC(C)(C)c2cc3c(cc21)c1cc2c4c5ccccc5c5ccccc5c4n(-c4ccccc4)c2cc1n3-c1ccc(-c2ccccc2)c2ccccc12. The fraction of sp³-hybridized carbons (Fsp3) is 0.143. The van der Waals surface area contributed by atoms with Gasteiger partial charge in [0.05, 0.1) is 27.8 Å². The summed E-state index contributed by atoms with van der Waals surface area (Å²) in [5.74, 6) is 0. The van der Waals surface area contributed by atoms with Gasteiger partial charge < -0.3 is 9.13 Å². The fourth-order valence-corrected chi connectivity index (χ4v) is 10.7. The van der Waals surface area contributed by atoms with Gasteiger partial charge in [-0.15, -0.1) is 0 Å². The van der Waals surface area contributed by atoms with E-state index in [4.69, 9.17) is 0 Å². The van der Waals surface area contributed by atoms with E-state index in [1.807, 2.05) is 0 Å². The van der Waals surface area contributed by atoms with E-state index in [1.165, 1.54) is 122 Å². The van der Waals surface area contributed by atoms with Crippen LogP contribution in [0.5, 0.6) is 0 Å². The molecule has 2 heterocycles. The summed E-state index contributed by atoms with van der Waals surface area (Å²) in [6.07, 6.45) is 2.35. The monoisotopic (exact) mass is 744 g/mol. The summed E-state index contributed by atoms with van der Waals surface area (Å²) in [6.45, 7) is 9.79. The summed E-state index contributed by atoms with van der Waals surface area (Å²) in [6, 6.07) is 63.7. The molecule has 2 aromatic heterocycles. The molecule has 0 saturated heterocycles. The molecule has 1 aliphatic rings. The van der Waals surface area contributed by atoms with E-state index in [2.05, 4.69) is 207 Å². The maximum absolute atomic E-state index is 2.60. The number of nitrogens with zero attached hydrogens (tertiary/aromatic N) is 2. The second-order valence-electron chi connectivity index (χ2n) is 17.9. The third-order valence-corrected chi connectivity index (χ3v) is 13.7. The molecule has 12 rings (SSSR count). The largest absolute Gasteiger partial charge is 0.309 e. The van der Waals surface area contributed by atoms with Crippen LogP contribution >= 0.6 is 0 Å². The Morgan fingerprint density at radius 1 is 0.379 bits per heavy atom. The van der Waals surface area contributed by atoms with E-state index in [0.29, 0.717) is 0 Å². The van der Waals surface area contributed by atoms with Crippen LogP contribution in [0.15, 0.2) is 170 Å². The molecule has 0 amide bonds. The first-order valence-electron chi connectivity index (χ1n) is 20.8. The van der Waals surface area contributed by atoms with Crippen molar-refractivity contribution in [3.05, 3.63) is 181 Å². The van der Waals surface area contributed by atoms with Gasteiger partial charge >= 0.3 is 0 Å². The van der Waals surface area contributed by atoms with Gasteiger partial charge in [-0.3, -0.25) is 0 Å². The van der Waals surface area contributed by atoms with Crippen molar-refractivity contribution in [3.8, 4) is 22.5 Å². The Balaban J connectivity index is 1.31. The van der Waals surface area contributed by atoms with Crippen molar-refractivity contribution in [3.63, 3.8) is 0 Å². The summed E-state index contributed by atoms with van der Waals surface area (Å²) in [7, 11) is 0. The molecule has 0 saturated carbocycles. The van der Waals surface area contributed by atoms with Crippen LogP contribution in [0.1, 0.15) is 51.7 Å². The second-order valence-corrected chi connectivity index (χ2v) is 17.9. The minimum absolute atomic E-state index is 0.0738. The van der Waals surface area contributed by atoms with Crippen LogP contribution in [-0.2, 0) is 10.8 Å². The maximum atomic E-state index is 2.60. The molecule has 0 fully saturated rings. The fourth-order valence-electron chi connectivity index (χ4n) is 10.7. The molecule has 1 aliphatic carbocycles. The number of fused-ring (bicyclic) bond motifs is 13. The van der Waals surface area contributed by atoms with Crippen LogP contribution in [0.3, 0.4) is 0 Å². The van der Waals surface area contributed by atoms with E-state index in [9.17, 15) is 0 Å². The minimum atomic E-state index is 0.0738. The Morgan fingerprint density at radius 2 is 0.897 bits per heavy atom. The normalized spacial score (nSPS) is 15.0. The van der Waals surface area contributed by atoms with Gasteiger partial charge in [0.2, 0.25) is 0 Å². The zero-order valence-corrected chi connectivity index (χ0v) is 33.5. The van der Waals surface area contributed by atoms with Gasteiger partial charge in [-0.2, -0.15) is 0 Å². The molecular formula is C56H44N2. The van der Waals surface area contributed by atoms with E-state index in [0.717, 1.165) is 0 Å². The summed E-state index contributed by atoms with van der Waals surface area (Å²) < 4.78 is 5.14. The predicted octanol–water partition coefficient (Wildman–Crippen LogP) is 15.4. The zero-order chi connectivity index (χ0) is 38.9. The van der Waals surface area contributed by atoms with Gasteiger partial charge in [0, 0.05) is 38.0 Å². The molecule has 2 nitrogen and oxygen atoms in total. The number of hydrogen-bond donors (Lipinski definition) is 0. The topological polar surface area (TPSA) is 9.86 Å². The summed E-state index contributed by atoms with van der Waals surface area (Å²) >= 11 is 0. The molecule has 0 spiro atoms. The highest BCUT2D eigenvalue weighted by Crippen LogP contribution is 2.51. The van der Waals surface area contributed by atoms with Gasteiger partial charge in [-0.05, 0) is 110 Å². The molecule has 0 radical (unpaired) electrons. The summed E-state index contributed by atoms with van der Waals surface area (Å²) in [5, 5.41) is 12.9. The average Bonchev–Trinajstić information content (AvgIpc) is 3.76. The molecule has 9 aromatic carbocycles. The first-order chi connectivity index (χ1) is 28.3. The van der Waals surface area contributed by atoms with Gasteiger partial charge in [-0.1, -0.05) is 155 Å². The molecule has 0 atom stereocenters. The summed E-state index contributed by atoms with van der Waals surface area (Å²) in [4.78, 5) is 0. The van der Waals surface area contributed by atoms with Crippen LogP contribution in [0.4, 0.5) is 0 Å². The number of aromatic nitrogens is 2. The Bertz CT molecular complexity index is 3490. The Labute approximate surface area is 338 Å². The lowest BCUT2D eigenvalue weighted by molar-refractivity contribution is 0.332. The van der Waals surface area contributed by atoms with Crippen molar-refractivity contribution in [2.75, 3.05) is 0 Å². The minimum Gasteiger partial charge on any atom is -0.309 e. The van der Waals surface area contributed by atoms with Gasteiger partial charge in [0.1, 0.15) is 0 Å². The van der Waals surface area contributed by atoms with Crippen molar-refractivity contribution in [1.29, 1.82) is 0 Å². The standard InChI is InChI=1S/C56H44N2/c1-55(2)29-30-56(3,4)48-33-50-45(32-47(48)55)44-31-46-52(34-51(44)58(50)49-28-27-37(35-17-7-5-8-18-35)38-21-11-14-24-41(38)49)57(36-19-9-6-10-20-36)54-43-26-16-13-23-40(43)39-22-12-15-25-42(39)53(46)54/h5-28,31-34H,29-30H2,1-4H3. The van der Waals surface area contributed by atoms with Crippen molar-refractivity contribution in [1.82, 2.24) is 9.13 Å². The van der Waals surface area contributed by atoms with Gasteiger partial charge in [0.25, 0.3) is 0 Å². The Kier molecular flexibility index (Phi) is 6.90. The third kappa shape index (κ3) is 4.60. The van der Waals surface area contributed by atoms with E-state index in [1.54, 1.807) is 0 Å². The Hall–Kier alpha value is -6.64. The number of hydrogen-bond acceptors (Lipinski definition) is 0. The number of rotatable bonds is 3. The molecule has 11 aromatic rings. The van der Waals surface area contributed by atoms with Crippen molar-refractivity contribution in [2.24, 2.45) is 0 Å². The van der Waals surface area contributed by atoms with Crippen molar-refractivity contribution in [2.45, 2.75) is 51.4 Å². The van der Waals surface area contributed by atoms with Crippen LogP contribution in [0.25, 0.3) is 98.4 Å². The average molecular weight is 745 g/mol. The molecule has 0 N–H and O–H groups in total. The summed E-state index contributed by atoms with van der Waals surface area (Å²) in [5.41, 5.74) is 13.0. The first kappa shape index (κ1) is 33.5. The van der Waals surface area contributed by atoms with Crippen LogP contribution in [-0.4, -0.2) is 9.13 Å². The van der Waals surface area contributed by atoms with Crippen molar-refractivity contribution < 1.29 is 0 Å². The zero-order valence-electron chi connectivity index (χ0n) is 33.5. The van der Waals surface area contributed by atoms with Crippen LogP contribution in [0, 0.1) is 0 Å². The van der Waals surface area contributed by atoms with E-state index < -0.39 is 0 Å². The molecule has 0 bridgehead atoms. The molecule has 2 heteroatoms. The van der Waals surface area contributed by atoms with E-state index in [-0.39, 0.29) is 10.8 Å². The van der Waals surface area contributed by atoms with Crippen molar-refractivity contribution >= 4 is 75.9 Å². The first-order valence-corrected chi connectivity index (χ1v) is 20.8. The lowest BCUT2D eigenvalue weighted by atomic mass is 9.63. The maximum Gasteiger partial charge on any atom is 0.0625 e. The number of benzene rings is 9. The quantitative estimate of drug-likeness (QED) is 0.159. The second kappa shape index (κ2) is 11.9. The van der Waals surface area contributed by atoms with Crippen LogP contribution < -0.4 is 0 Å². The van der Waals surface area contributed by atoms with Gasteiger partial charge in [0.15, 0.2) is 0 Å². The Morgan fingerprint density at radius 3 is 1.60 bits per heavy atom. The van der Waals surface area contributed by atoms with Gasteiger partial charge in [-0.25, -0.2) is 0 Å². The molecule has 278 valence electrons. The van der Waals surface area contributed by atoms with E-state index >= 15 is 0 Å².